The van der Waals surface area contributed by atoms with Crippen molar-refractivity contribution in [2.24, 2.45) is 5.92 Å². The van der Waals surface area contributed by atoms with Crippen LogP contribution in [0.25, 0.3) is 0 Å². The van der Waals surface area contributed by atoms with Gasteiger partial charge in [0.25, 0.3) is 0 Å². The molecule has 0 amide bonds. The monoisotopic (exact) mass is 478 g/mol. The summed E-state index contributed by atoms with van der Waals surface area (Å²) in [7, 11) is 1.80. The van der Waals surface area contributed by atoms with Gasteiger partial charge in [-0.1, -0.05) is 0 Å². The first-order valence-corrected chi connectivity index (χ1v) is 17.4. The summed E-state index contributed by atoms with van der Waals surface area (Å²) >= 11 is -0.792. The van der Waals surface area contributed by atoms with Crippen molar-refractivity contribution in [2.75, 3.05) is 7.11 Å². The summed E-state index contributed by atoms with van der Waals surface area (Å²) in [5.41, 5.74) is 0.649. The second kappa shape index (κ2) is 8.89. The van der Waals surface area contributed by atoms with E-state index in [0.717, 1.165) is 19.3 Å². The standard InChI is InChI=1S/C16H21O3.CH3.Hg/c1-12-14(18-2)10-6-7-11-15(12)19-16(17)13-8-4-3-5-9-13;;/h3-5,8-9,12,14-15H,1,6-7,10-11H2,2H3;1H3;/t12-,14+,15+;;/m0../s1. The van der Waals surface area contributed by atoms with Crippen molar-refractivity contribution in [1.29, 1.82) is 0 Å². The Kier molecular flexibility index (Phi) is 7.17. The third-order valence-electron chi connectivity index (χ3n) is 4.38. The predicted molar refractivity (Wildman–Crippen MR) is 79.1 cm³/mol. The summed E-state index contributed by atoms with van der Waals surface area (Å²) < 4.78 is 15.2. The number of carbonyl (C=O) groups is 1. The first-order chi connectivity index (χ1) is 10.3. The number of benzene rings is 1. The topological polar surface area (TPSA) is 35.5 Å². The van der Waals surface area contributed by atoms with E-state index in [1.165, 1.54) is 10.4 Å². The van der Waals surface area contributed by atoms with Crippen LogP contribution in [0.1, 0.15) is 36.0 Å². The zero-order valence-corrected chi connectivity index (χ0v) is 18.6. The second-order valence-electron chi connectivity index (χ2n) is 5.82. The number of rotatable bonds is 5. The Morgan fingerprint density at radius 2 is 1.86 bits per heavy atom. The van der Waals surface area contributed by atoms with E-state index in [1.807, 2.05) is 30.3 Å². The van der Waals surface area contributed by atoms with Crippen LogP contribution in [-0.2, 0) is 34.0 Å². The summed E-state index contributed by atoms with van der Waals surface area (Å²) in [4.78, 5) is 12.3. The first-order valence-electron chi connectivity index (χ1n) is 8.05. The zero-order valence-electron chi connectivity index (χ0n) is 13.1. The summed E-state index contributed by atoms with van der Waals surface area (Å²) in [6.07, 6.45) is 4.69. The van der Waals surface area contributed by atoms with E-state index in [4.69, 9.17) is 9.47 Å². The molecule has 3 nitrogen and oxygen atoms in total. The van der Waals surface area contributed by atoms with Gasteiger partial charge in [0.15, 0.2) is 0 Å². The average Bonchev–Trinajstić information content (AvgIpc) is 2.71. The van der Waals surface area contributed by atoms with Gasteiger partial charge in [0.2, 0.25) is 0 Å². The molecule has 0 radical (unpaired) electrons. The van der Waals surface area contributed by atoms with Gasteiger partial charge in [0.1, 0.15) is 0 Å². The average molecular weight is 477 g/mol. The molecule has 3 atom stereocenters. The molecule has 0 aromatic heterocycles. The van der Waals surface area contributed by atoms with Gasteiger partial charge >= 0.3 is 140 Å². The van der Waals surface area contributed by atoms with E-state index in [-0.39, 0.29) is 18.2 Å². The van der Waals surface area contributed by atoms with E-state index in [2.05, 4.69) is 4.43 Å². The molecule has 0 unspecified atom stereocenters. The van der Waals surface area contributed by atoms with E-state index in [0.29, 0.717) is 11.5 Å². The molecule has 21 heavy (non-hydrogen) atoms. The van der Waals surface area contributed by atoms with Gasteiger partial charge in [-0.25, -0.2) is 0 Å². The van der Waals surface area contributed by atoms with Crippen LogP contribution in [0.4, 0.5) is 0 Å². The third kappa shape index (κ3) is 4.78. The molecule has 1 fully saturated rings. The van der Waals surface area contributed by atoms with Crippen LogP contribution in [0, 0.1) is 5.92 Å². The number of carbonyl (C=O) groups excluding carboxylic acids is 1. The molecule has 0 spiro atoms. The molecule has 1 aliphatic rings. The normalized spacial score (nSPS) is 25.7. The maximum absolute atomic E-state index is 12.3. The van der Waals surface area contributed by atoms with E-state index >= 15 is 0 Å². The Morgan fingerprint density at radius 1 is 1.19 bits per heavy atom. The van der Waals surface area contributed by atoms with Crippen molar-refractivity contribution in [1.82, 2.24) is 0 Å². The molecular weight excluding hydrogens is 453 g/mol. The number of hydrogen-bond donors (Lipinski definition) is 0. The van der Waals surface area contributed by atoms with Crippen LogP contribution in [0.2, 0.25) is 8.36 Å². The molecule has 112 valence electrons. The van der Waals surface area contributed by atoms with Crippen LogP contribution >= 0.6 is 0 Å². The Morgan fingerprint density at radius 3 is 2.48 bits per heavy atom. The van der Waals surface area contributed by atoms with Crippen molar-refractivity contribution in [2.45, 2.75) is 46.3 Å². The summed E-state index contributed by atoms with van der Waals surface area (Å²) in [5.74, 6) is 0.229. The fourth-order valence-electron chi connectivity index (χ4n) is 3.28. The Balaban J connectivity index is 2.08. The Labute approximate surface area is 139 Å². The summed E-state index contributed by atoms with van der Waals surface area (Å²) in [6, 6.07) is 9.31. The van der Waals surface area contributed by atoms with E-state index < -0.39 is 24.6 Å². The molecule has 1 aromatic carbocycles. The first kappa shape index (κ1) is 16.9. The number of ether oxygens (including phenoxy) is 2. The molecule has 4 heteroatoms. The van der Waals surface area contributed by atoms with Crippen LogP contribution in [-0.4, -0.2) is 25.3 Å². The second-order valence-corrected chi connectivity index (χ2v) is 12.0. The molecule has 0 aliphatic heterocycles. The van der Waals surface area contributed by atoms with Gasteiger partial charge in [-0.3, -0.25) is 0 Å². The SMILES string of the molecule is CO[C@@H]1CCCC[C@@H](OC(=O)c2ccccc2)[C@H]1[CH2][Hg][CH3]. The van der Waals surface area contributed by atoms with Gasteiger partial charge in [0, 0.05) is 0 Å². The van der Waals surface area contributed by atoms with Crippen LogP contribution in [0.15, 0.2) is 30.3 Å². The molecule has 0 bridgehead atoms. The Bertz CT molecular complexity index is 435. The van der Waals surface area contributed by atoms with Gasteiger partial charge in [-0.2, -0.15) is 0 Å². The molecule has 2 rings (SSSR count). The van der Waals surface area contributed by atoms with Gasteiger partial charge < -0.3 is 0 Å². The van der Waals surface area contributed by atoms with Crippen molar-refractivity contribution in [3.8, 4) is 0 Å². The van der Waals surface area contributed by atoms with Crippen LogP contribution < -0.4 is 0 Å². The molecule has 1 aromatic rings. The van der Waals surface area contributed by atoms with Gasteiger partial charge in [-0.15, -0.1) is 0 Å². The quantitative estimate of drug-likeness (QED) is 0.366. The van der Waals surface area contributed by atoms with Crippen LogP contribution in [0.3, 0.4) is 0 Å². The molecule has 0 N–H and O–H groups in total. The van der Waals surface area contributed by atoms with E-state index in [1.54, 1.807) is 7.11 Å². The van der Waals surface area contributed by atoms with Crippen LogP contribution in [0.5, 0.6) is 0 Å². The van der Waals surface area contributed by atoms with Crippen molar-refractivity contribution < 1.29 is 38.8 Å². The molecule has 1 aliphatic carbocycles. The fraction of sp³-hybridized carbons (Fsp3) is 0.588. The number of hydrogen-bond acceptors (Lipinski definition) is 3. The van der Waals surface area contributed by atoms with Crippen molar-refractivity contribution in [3.05, 3.63) is 35.9 Å². The molecular formula is C17H24HgO3. The number of methoxy groups -OCH3 is 1. The minimum atomic E-state index is -0.792. The van der Waals surface area contributed by atoms with E-state index in [9.17, 15) is 4.79 Å². The summed E-state index contributed by atoms with van der Waals surface area (Å²) in [5, 5.41) is 0. The predicted octanol–water partition coefficient (Wildman–Crippen LogP) is 3.97. The Hall–Kier alpha value is -0.415. The fourth-order valence-corrected chi connectivity index (χ4v) is 8.76. The zero-order chi connectivity index (χ0) is 15.1. The minimum absolute atomic E-state index is 0.0325. The molecule has 1 saturated carbocycles. The van der Waals surface area contributed by atoms with Crippen molar-refractivity contribution >= 4 is 5.97 Å². The van der Waals surface area contributed by atoms with Gasteiger partial charge in [0.05, 0.1) is 0 Å². The summed E-state index contributed by atoms with van der Waals surface area (Å²) in [6.45, 7) is 0. The maximum atomic E-state index is 12.3. The number of esters is 1. The van der Waals surface area contributed by atoms with Crippen molar-refractivity contribution in [3.63, 3.8) is 0 Å². The molecule has 0 saturated heterocycles. The van der Waals surface area contributed by atoms with Gasteiger partial charge in [-0.05, 0) is 0 Å². The molecule has 0 heterocycles. The third-order valence-corrected chi connectivity index (χ3v) is 9.21.